The number of aromatic nitrogens is 4. The van der Waals surface area contributed by atoms with E-state index in [9.17, 15) is 4.79 Å². The van der Waals surface area contributed by atoms with Crippen LogP contribution in [0.1, 0.15) is 41.3 Å². The highest BCUT2D eigenvalue weighted by atomic mass is 16.2. The molecule has 30 heavy (non-hydrogen) atoms. The minimum Gasteiger partial charge on any atom is -0.348 e. The van der Waals surface area contributed by atoms with Gasteiger partial charge in [0, 0.05) is 16.6 Å². The SMILES string of the molecule is Cc1cc(C)cc(-n2ncc3c2CCC[C@H]3NC(=O)Cn2ncc3ccccc32)c1. The molecule has 1 atom stereocenters. The number of benzene rings is 2. The number of carbonyl (C=O) groups excluding carboxylic acids is 1. The Labute approximate surface area is 175 Å². The molecule has 0 spiro atoms. The van der Waals surface area contributed by atoms with E-state index in [-0.39, 0.29) is 18.5 Å². The van der Waals surface area contributed by atoms with Crippen molar-refractivity contribution in [1.82, 2.24) is 24.9 Å². The first-order chi connectivity index (χ1) is 14.6. The van der Waals surface area contributed by atoms with Crippen LogP contribution in [-0.2, 0) is 17.8 Å². The van der Waals surface area contributed by atoms with Crippen molar-refractivity contribution in [3.05, 3.63) is 77.2 Å². The van der Waals surface area contributed by atoms with Crippen molar-refractivity contribution in [1.29, 1.82) is 0 Å². The number of aryl methyl sites for hydroxylation is 2. The summed E-state index contributed by atoms with van der Waals surface area (Å²) in [6.45, 7) is 4.42. The Kier molecular flexibility index (Phi) is 4.62. The minimum atomic E-state index is -0.0270. The first kappa shape index (κ1) is 18.6. The smallest absolute Gasteiger partial charge is 0.242 e. The number of fused-ring (bicyclic) bond motifs is 2. The van der Waals surface area contributed by atoms with Crippen molar-refractivity contribution in [3.8, 4) is 5.69 Å². The van der Waals surface area contributed by atoms with Gasteiger partial charge in [0.25, 0.3) is 0 Å². The molecule has 2 aromatic heterocycles. The summed E-state index contributed by atoms with van der Waals surface area (Å²) in [4.78, 5) is 12.8. The Hall–Kier alpha value is -3.41. The van der Waals surface area contributed by atoms with E-state index in [0.717, 1.165) is 41.4 Å². The predicted molar refractivity (Wildman–Crippen MR) is 117 cm³/mol. The Morgan fingerprint density at radius 1 is 1.10 bits per heavy atom. The fraction of sp³-hybridized carbons (Fsp3) is 0.292. The average Bonchev–Trinajstić information content (AvgIpc) is 3.32. The van der Waals surface area contributed by atoms with Crippen LogP contribution in [0.15, 0.2) is 54.9 Å². The van der Waals surface area contributed by atoms with Gasteiger partial charge in [-0.3, -0.25) is 9.48 Å². The molecule has 0 saturated carbocycles. The van der Waals surface area contributed by atoms with Gasteiger partial charge in [-0.2, -0.15) is 10.2 Å². The highest BCUT2D eigenvalue weighted by Gasteiger charge is 2.26. The van der Waals surface area contributed by atoms with Crippen LogP contribution < -0.4 is 5.32 Å². The average molecular weight is 399 g/mol. The molecule has 152 valence electrons. The van der Waals surface area contributed by atoms with Crippen LogP contribution in [0.25, 0.3) is 16.6 Å². The zero-order chi connectivity index (χ0) is 20.7. The lowest BCUT2D eigenvalue weighted by Crippen LogP contribution is -2.33. The molecular weight excluding hydrogens is 374 g/mol. The maximum Gasteiger partial charge on any atom is 0.242 e. The molecule has 0 fully saturated rings. The van der Waals surface area contributed by atoms with E-state index >= 15 is 0 Å². The number of nitrogens with one attached hydrogen (secondary N) is 1. The van der Waals surface area contributed by atoms with Gasteiger partial charge in [0.15, 0.2) is 0 Å². The van der Waals surface area contributed by atoms with E-state index in [1.54, 1.807) is 10.9 Å². The van der Waals surface area contributed by atoms with Gasteiger partial charge in [-0.25, -0.2) is 4.68 Å². The second-order valence-corrected chi connectivity index (χ2v) is 8.18. The van der Waals surface area contributed by atoms with Crippen LogP contribution in [0, 0.1) is 13.8 Å². The molecule has 2 aromatic carbocycles. The predicted octanol–water partition coefficient (Wildman–Crippen LogP) is 4.03. The number of para-hydroxylation sites is 1. The van der Waals surface area contributed by atoms with E-state index in [0.29, 0.717) is 0 Å². The van der Waals surface area contributed by atoms with Crippen LogP contribution in [0.3, 0.4) is 0 Å². The van der Waals surface area contributed by atoms with Crippen molar-refractivity contribution in [2.45, 2.75) is 45.7 Å². The number of carbonyl (C=O) groups is 1. The number of hydrogen-bond donors (Lipinski definition) is 1. The summed E-state index contributed by atoms with van der Waals surface area (Å²) in [6.07, 6.45) is 6.64. The third kappa shape index (κ3) is 3.38. The van der Waals surface area contributed by atoms with Gasteiger partial charge in [-0.15, -0.1) is 0 Å². The maximum absolute atomic E-state index is 12.8. The number of rotatable bonds is 4. The van der Waals surface area contributed by atoms with Crippen molar-refractivity contribution in [2.24, 2.45) is 0 Å². The number of nitrogens with zero attached hydrogens (tertiary/aromatic N) is 4. The highest BCUT2D eigenvalue weighted by Crippen LogP contribution is 2.31. The van der Waals surface area contributed by atoms with Crippen molar-refractivity contribution in [2.75, 3.05) is 0 Å². The van der Waals surface area contributed by atoms with Gasteiger partial charge >= 0.3 is 0 Å². The summed E-state index contributed by atoms with van der Waals surface area (Å²) < 4.78 is 3.79. The topological polar surface area (TPSA) is 64.7 Å². The molecule has 2 heterocycles. The van der Waals surface area contributed by atoms with Gasteiger partial charge in [-0.05, 0) is 62.4 Å². The molecular formula is C24H25N5O. The van der Waals surface area contributed by atoms with Crippen molar-refractivity contribution in [3.63, 3.8) is 0 Å². The quantitative estimate of drug-likeness (QED) is 0.563. The summed E-state index contributed by atoms with van der Waals surface area (Å²) in [6, 6.07) is 14.4. The molecule has 1 N–H and O–H groups in total. The second-order valence-electron chi connectivity index (χ2n) is 8.18. The van der Waals surface area contributed by atoms with Crippen LogP contribution in [0.4, 0.5) is 0 Å². The molecule has 1 aliphatic rings. The lowest BCUT2D eigenvalue weighted by Gasteiger charge is -2.24. The summed E-state index contributed by atoms with van der Waals surface area (Å²) >= 11 is 0. The summed E-state index contributed by atoms with van der Waals surface area (Å²) in [5.74, 6) is -0.0270. The normalized spacial score (nSPS) is 15.9. The molecule has 4 aromatic rings. The zero-order valence-corrected chi connectivity index (χ0v) is 17.3. The van der Waals surface area contributed by atoms with Crippen molar-refractivity contribution < 1.29 is 4.79 Å². The molecule has 0 saturated heterocycles. The first-order valence-electron chi connectivity index (χ1n) is 10.4. The van der Waals surface area contributed by atoms with E-state index in [2.05, 4.69) is 47.6 Å². The summed E-state index contributed by atoms with van der Waals surface area (Å²) in [5, 5.41) is 13.3. The molecule has 6 heteroatoms. The Morgan fingerprint density at radius 2 is 1.90 bits per heavy atom. The molecule has 0 radical (unpaired) electrons. The fourth-order valence-corrected chi connectivity index (χ4v) is 4.53. The molecule has 0 unspecified atom stereocenters. The minimum absolute atomic E-state index is 0.0114. The lowest BCUT2D eigenvalue weighted by atomic mass is 9.92. The van der Waals surface area contributed by atoms with Crippen LogP contribution in [0.2, 0.25) is 0 Å². The van der Waals surface area contributed by atoms with Gasteiger partial charge in [-0.1, -0.05) is 24.3 Å². The lowest BCUT2D eigenvalue weighted by molar-refractivity contribution is -0.122. The Morgan fingerprint density at radius 3 is 2.73 bits per heavy atom. The number of amides is 1. The van der Waals surface area contributed by atoms with Crippen LogP contribution in [-0.4, -0.2) is 25.5 Å². The van der Waals surface area contributed by atoms with E-state index < -0.39 is 0 Å². The van der Waals surface area contributed by atoms with Crippen LogP contribution >= 0.6 is 0 Å². The molecule has 0 aliphatic heterocycles. The largest absolute Gasteiger partial charge is 0.348 e. The third-order valence-corrected chi connectivity index (χ3v) is 5.81. The van der Waals surface area contributed by atoms with Gasteiger partial charge < -0.3 is 5.32 Å². The summed E-state index contributed by atoms with van der Waals surface area (Å²) in [7, 11) is 0. The Balaban J connectivity index is 1.37. The van der Waals surface area contributed by atoms with Gasteiger partial charge in [0.05, 0.1) is 29.6 Å². The van der Waals surface area contributed by atoms with E-state index in [1.165, 1.54) is 16.8 Å². The molecule has 5 rings (SSSR count). The van der Waals surface area contributed by atoms with E-state index in [4.69, 9.17) is 0 Å². The summed E-state index contributed by atoms with van der Waals surface area (Å²) in [5.41, 5.74) is 6.83. The van der Waals surface area contributed by atoms with Crippen LogP contribution in [0.5, 0.6) is 0 Å². The molecule has 1 amide bonds. The fourth-order valence-electron chi connectivity index (χ4n) is 4.53. The standard InChI is InChI=1S/C24H25N5O/c1-16-10-17(2)12-19(11-16)29-23-9-5-7-21(20(23)14-26-29)27-24(30)15-28-22-8-4-3-6-18(22)13-25-28/h3-4,6,8,10-14,21H,5,7,9,15H2,1-2H3,(H,27,30)/t21-/m1/s1. The molecule has 6 nitrogen and oxygen atoms in total. The van der Waals surface area contributed by atoms with Gasteiger partial charge in [0.1, 0.15) is 6.54 Å². The Bertz CT molecular complexity index is 1220. The first-order valence-corrected chi connectivity index (χ1v) is 10.4. The highest BCUT2D eigenvalue weighted by molar-refractivity contribution is 5.82. The molecule has 0 bridgehead atoms. The monoisotopic (exact) mass is 399 g/mol. The second kappa shape index (κ2) is 7.44. The van der Waals surface area contributed by atoms with Gasteiger partial charge in [0.2, 0.25) is 5.91 Å². The molecule has 1 aliphatic carbocycles. The number of hydrogen-bond acceptors (Lipinski definition) is 3. The maximum atomic E-state index is 12.8. The van der Waals surface area contributed by atoms with Crippen molar-refractivity contribution >= 4 is 16.8 Å². The van der Waals surface area contributed by atoms with E-state index in [1.807, 2.05) is 35.1 Å². The zero-order valence-electron chi connectivity index (χ0n) is 17.3. The third-order valence-electron chi connectivity index (χ3n) is 5.81.